The molecule has 0 N–H and O–H groups in total. The monoisotopic (exact) mass is 180 g/mol. The standard InChI is InChI=1S/C11H6N3/c12-7-10-5-4-9(8-14-10)11-3-1-2-6-13-11/h1-5,8H. The quantitative estimate of drug-likeness (QED) is 0.672. The van der Waals surface area contributed by atoms with Crippen molar-refractivity contribution in [1.29, 1.82) is 5.26 Å². The minimum atomic E-state index is 0.411. The Bertz CT molecular complexity index is 454. The van der Waals surface area contributed by atoms with Crippen LogP contribution in [0.1, 0.15) is 5.69 Å². The molecule has 2 rings (SSSR count). The highest BCUT2D eigenvalue weighted by atomic mass is 14.7. The first-order valence-electron chi connectivity index (χ1n) is 4.10. The molecule has 1 radical (unpaired) electrons. The lowest BCUT2D eigenvalue weighted by molar-refractivity contribution is 1.24. The van der Waals surface area contributed by atoms with E-state index >= 15 is 0 Å². The summed E-state index contributed by atoms with van der Waals surface area (Å²) in [5, 5.41) is 8.56. The summed E-state index contributed by atoms with van der Waals surface area (Å²) in [6, 6.07) is 10.9. The van der Waals surface area contributed by atoms with E-state index in [0.717, 1.165) is 11.3 Å². The zero-order valence-electron chi connectivity index (χ0n) is 7.31. The van der Waals surface area contributed by atoms with Crippen LogP contribution in [0, 0.1) is 17.5 Å². The first-order valence-corrected chi connectivity index (χ1v) is 4.10. The van der Waals surface area contributed by atoms with Gasteiger partial charge < -0.3 is 0 Å². The normalized spacial score (nSPS) is 9.36. The minimum Gasteiger partial charge on any atom is -0.246 e. The fourth-order valence-corrected chi connectivity index (χ4v) is 1.10. The van der Waals surface area contributed by atoms with Crippen molar-refractivity contribution in [2.24, 2.45) is 0 Å². The molecule has 0 bridgehead atoms. The zero-order valence-corrected chi connectivity index (χ0v) is 7.31. The second-order valence-electron chi connectivity index (χ2n) is 2.70. The highest BCUT2D eigenvalue weighted by Crippen LogP contribution is 2.14. The molecular formula is C11H6N3. The molecule has 65 valence electrons. The Balaban J connectivity index is 2.40. The number of hydrogen-bond acceptors (Lipinski definition) is 3. The van der Waals surface area contributed by atoms with Crippen LogP contribution in [-0.2, 0) is 0 Å². The Morgan fingerprint density at radius 2 is 2.21 bits per heavy atom. The van der Waals surface area contributed by atoms with Crippen LogP contribution in [0.5, 0.6) is 0 Å². The molecule has 0 aliphatic rings. The van der Waals surface area contributed by atoms with Gasteiger partial charge in [-0.2, -0.15) is 5.26 Å². The summed E-state index contributed by atoms with van der Waals surface area (Å²) >= 11 is 0. The third kappa shape index (κ3) is 1.59. The molecular weight excluding hydrogens is 174 g/mol. The Labute approximate surface area is 81.7 Å². The summed E-state index contributed by atoms with van der Waals surface area (Å²) < 4.78 is 0. The van der Waals surface area contributed by atoms with E-state index in [1.54, 1.807) is 18.3 Å². The zero-order chi connectivity index (χ0) is 9.80. The van der Waals surface area contributed by atoms with Crippen LogP contribution in [0.25, 0.3) is 11.3 Å². The molecule has 0 aliphatic heterocycles. The molecule has 0 fully saturated rings. The smallest absolute Gasteiger partial charge is 0.140 e. The van der Waals surface area contributed by atoms with Gasteiger partial charge in [-0.05, 0) is 24.3 Å². The van der Waals surface area contributed by atoms with Gasteiger partial charge in [-0.15, -0.1) is 0 Å². The van der Waals surface area contributed by atoms with Crippen molar-refractivity contribution < 1.29 is 0 Å². The van der Waals surface area contributed by atoms with Crippen LogP contribution >= 0.6 is 0 Å². The fourth-order valence-electron chi connectivity index (χ4n) is 1.10. The Morgan fingerprint density at radius 1 is 1.29 bits per heavy atom. The molecule has 3 nitrogen and oxygen atoms in total. The van der Waals surface area contributed by atoms with Gasteiger partial charge >= 0.3 is 0 Å². The lowest BCUT2D eigenvalue weighted by Crippen LogP contribution is -1.85. The van der Waals surface area contributed by atoms with Crippen molar-refractivity contribution in [2.75, 3.05) is 0 Å². The first kappa shape index (κ1) is 8.39. The summed E-state index contributed by atoms with van der Waals surface area (Å²) in [5.74, 6) is 0. The van der Waals surface area contributed by atoms with E-state index in [1.807, 2.05) is 24.3 Å². The van der Waals surface area contributed by atoms with Crippen molar-refractivity contribution in [3.8, 4) is 17.3 Å². The SMILES string of the molecule is N#Cc1ccc(-c2ccc[c]n2)cn1. The van der Waals surface area contributed by atoms with E-state index in [2.05, 4.69) is 16.2 Å². The number of rotatable bonds is 1. The molecule has 0 atom stereocenters. The molecule has 2 aromatic rings. The lowest BCUT2D eigenvalue weighted by atomic mass is 10.2. The van der Waals surface area contributed by atoms with E-state index in [-0.39, 0.29) is 0 Å². The van der Waals surface area contributed by atoms with Gasteiger partial charge in [0.1, 0.15) is 11.8 Å². The van der Waals surface area contributed by atoms with E-state index in [4.69, 9.17) is 5.26 Å². The van der Waals surface area contributed by atoms with E-state index in [1.165, 1.54) is 0 Å². The van der Waals surface area contributed by atoms with Gasteiger partial charge in [-0.3, -0.25) is 0 Å². The largest absolute Gasteiger partial charge is 0.246 e. The molecule has 0 aliphatic carbocycles. The number of nitriles is 1. The van der Waals surface area contributed by atoms with Crippen molar-refractivity contribution in [3.63, 3.8) is 0 Å². The second kappa shape index (κ2) is 3.67. The van der Waals surface area contributed by atoms with Gasteiger partial charge in [0.05, 0.1) is 11.9 Å². The molecule has 2 aromatic heterocycles. The van der Waals surface area contributed by atoms with E-state index < -0.39 is 0 Å². The molecule has 0 saturated heterocycles. The molecule has 14 heavy (non-hydrogen) atoms. The highest BCUT2D eigenvalue weighted by molar-refractivity contribution is 5.57. The number of pyridine rings is 2. The Hall–Kier alpha value is -2.21. The van der Waals surface area contributed by atoms with Crippen LogP contribution in [0.3, 0.4) is 0 Å². The number of nitrogens with zero attached hydrogens (tertiary/aromatic N) is 3. The maximum atomic E-state index is 8.56. The number of aromatic nitrogens is 2. The molecule has 0 unspecified atom stereocenters. The van der Waals surface area contributed by atoms with Crippen molar-refractivity contribution >= 4 is 0 Å². The van der Waals surface area contributed by atoms with Crippen molar-refractivity contribution in [1.82, 2.24) is 9.97 Å². The molecule has 3 heteroatoms. The topological polar surface area (TPSA) is 49.6 Å². The fraction of sp³-hybridized carbons (Fsp3) is 0. The summed E-state index contributed by atoms with van der Waals surface area (Å²) in [4.78, 5) is 8.02. The third-order valence-corrected chi connectivity index (χ3v) is 1.78. The van der Waals surface area contributed by atoms with Crippen LogP contribution < -0.4 is 0 Å². The van der Waals surface area contributed by atoms with Crippen LogP contribution in [0.15, 0.2) is 36.5 Å². The maximum absolute atomic E-state index is 8.56. The molecule has 0 spiro atoms. The van der Waals surface area contributed by atoms with Gasteiger partial charge in [-0.25, -0.2) is 9.97 Å². The first-order chi connectivity index (χ1) is 6.90. The average molecular weight is 180 g/mol. The molecule has 0 saturated carbocycles. The van der Waals surface area contributed by atoms with Gasteiger partial charge in [0.2, 0.25) is 0 Å². The van der Waals surface area contributed by atoms with Gasteiger partial charge in [0.15, 0.2) is 0 Å². The Morgan fingerprint density at radius 3 is 2.79 bits per heavy atom. The number of hydrogen-bond donors (Lipinski definition) is 0. The summed E-state index contributed by atoms with van der Waals surface area (Å²) in [5.41, 5.74) is 2.11. The summed E-state index contributed by atoms with van der Waals surface area (Å²) in [6.07, 6.45) is 4.38. The van der Waals surface area contributed by atoms with Crippen molar-refractivity contribution in [2.45, 2.75) is 0 Å². The predicted molar refractivity (Wildman–Crippen MR) is 51.0 cm³/mol. The maximum Gasteiger partial charge on any atom is 0.140 e. The third-order valence-electron chi connectivity index (χ3n) is 1.78. The average Bonchev–Trinajstić information content (AvgIpc) is 2.30. The molecule has 0 aromatic carbocycles. The highest BCUT2D eigenvalue weighted by Gasteiger charge is 1.98. The predicted octanol–water partition coefficient (Wildman–Crippen LogP) is 1.82. The van der Waals surface area contributed by atoms with Crippen LogP contribution in [0.2, 0.25) is 0 Å². The van der Waals surface area contributed by atoms with Gasteiger partial charge in [0.25, 0.3) is 0 Å². The Kier molecular flexibility index (Phi) is 2.20. The van der Waals surface area contributed by atoms with E-state index in [0.29, 0.717) is 5.69 Å². The van der Waals surface area contributed by atoms with Crippen molar-refractivity contribution in [3.05, 3.63) is 48.4 Å². The summed E-state index contributed by atoms with van der Waals surface area (Å²) in [6.45, 7) is 0. The summed E-state index contributed by atoms with van der Waals surface area (Å²) in [7, 11) is 0. The molecule has 2 heterocycles. The molecule has 0 amide bonds. The lowest BCUT2D eigenvalue weighted by Gasteiger charge is -1.97. The van der Waals surface area contributed by atoms with Gasteiger partial charge in [0, 0.05) is 11.8 Å². The second-order valence-corrected chi connectivity index (χ2v) is 2.70. The van der Waals surface area contributed by atoms with Gasteiger partial charge in [-0.1, -0.05) is 6.07 Å². The van der Waals surface area contributed by atoms with E-state index in [9.17, 15) is 0 Å². The van der Waals surface area contributed by atoms with Crippen LogP contribution in [0.4, 0.5) is 0 Å². The minimum absolute atomic E-state index is 0.411. The van der Waals surface area contributed by atoms with Crippen LogP contribution in [-0.4, -0.2) is 9.97 Å².